The van der Waals surface area contributed by atoms with Crippen LogP contribution in [0.2, 0.25) is 0 Å². The van der Waals surface area contributed by atoms with Crippen LogP contribution in [0.4, 0.5) is 5.69 Å². The molecule has 0 aliphatic rings. The van der Waals surface area contributed by atoms with Gasteiger partial charge in [0.15, 0.2) is 5.69 Å². The number of hydrogen-bond acceptors (Lipinski definition) is 2. The fourth-order valence-electron chi connectivity index (χ4n) is 2.91. The Balaban J connectivity index is 2.29. The number of benzene rings is 2. The molecule has 0 fully saturated rings. The summed E-state index contributed by atoms with van der Waals surface area (Å²) in [5.41, 5.74) is 3.48. The van der Waals surface area contributed by atoms with Gasteiger partial charge in [0.1, 0.15) is 0 Å². The second kappa shape index (κ2) is 6.36. The van der Waals surface area contributed by atoms with Crippen molar-refractivity contribution >= 4 is 5.69 Å². The maximum atomic E-state index is 9.25. The Morgan fingerprint density at radius 1 is 1.00 bits per heavy atom. The molecule has 0 spiro atoms. The molecule has 0 bridgehead atoms. The summed E-state index contributed by atoms with van der Waals surface area (Å²) in [6, 6.07) is 23.1. The summed E-state index contributed by atoms with van der Waals surface area (Å²) in [6.07, 6.45) is 1.76. The maximum Gasteiger partial charge on any atom is 0.187 e. The molecule has 0 aliphatic heterocycles. The smallest absolute Gasteiger partial charge is 0.187 e. The van der Waals surface area contributed by atoms with Crippen LogP contribution in [0.5, 0.6) is 0 Å². The van der Waals surface area contributed by atoms with Gasteiger partial charge in [0.2, 0.25) is 0 Å². The molecule has 3 heteroatoms. The van der Waals surface area contributed by atoms with Crippen molar-refractivity contribution in [2.45, 2.75) is 12.3 Å². The summed E-state index contributed by atoms with van der Waals surface area (Å²) < 4.78 is 0. The zero-order valence-corrected chi connectivity index (χ0v) is 13.3. The van der Waals surface area contributed by atoms with Gasteiger partial charge in [-0.3, -0.25) is 4.98 Å². The first-order valence-electron chi connectivity index (χ1n) is 7.58. The Morgan fingerprint density at radius 3 is 2.42 bits per heavy atom. The molecular formula is C21H15N3. The topological polar surface area (TPSA) is 41.0 Å². The zero-order valence-electron chi connectivity index (χ0n) is 13.3. The Kier molecular flexibility index (Phi) is 4.10. The van der Waals surface area contributed by atoms with E-state index >= 15 is 0 Å². The van der Waals surface area contributed by atoms with Gasteiger partial charge in [0.05, 0.1) is 29.3 Å². The molecule has 3 rings (SSSR count). The first-order chi connectivity index (χ1) is 11.7. The van der Waals surface area contributed by atoms with E-state index in [4.69, 9.17) is 6.57 Å². The Hall–Kier alpha value is -3.43. The van der Waals surface area contributed by atoms with Crippen molar-refractivity contribution in [2.75, 3.05) is 0 Å². The summed E-state index contributed by atoms with van der Waals surface area (Å²) in [5, 5.41) is 9.25. The van der Waals surface area contributed by atoms with E-state index in [0.717, 1.165) is 16.8 Å². The highest BCUT2D eigenvalue weighted by Gasteiger charge is 2.32. The van der Waals surface area contributed by atoms with Crippen LogP contribution in [0.25, 0.3) is 4.85 Å². The van der Waals surface area contributed by atoms with Crippen molar-refractivity contribution in [2.24, 2.45) is 0 Å². The lowest BCUT2D eigenvalue weighted by Crippen LogP contribution is -2.26. The van der Waals surface area contributed by atoms with Gasteiger partial charge in [-0.25, -0.2) is 4.85 Å². The lowest BCUT2D eigenvalue weighted by Gasteiger charge is -2.31. The van der Waals surface area contributed by atoms with Gasteiger partial charge < -0.3 is 0 Å². The molecule has 3 nitrogen and oxygen atoms in total. The molecule has 3 aromatic rings. The minimum absolute atomic E-state index is 0.547. The number of hydrogen-bond donors (Lipinski definition) is 0. The van der Waals surface area contributed by atoms with Crippen LogP contribution in [-0.4, -0.2) is 4.98 Å². The summed E-state index contributed by atoms with van der Waals surface area (Å²) in [5.74, 6) is 0. The van der Waals surface area contributed by atoms with Crippen molar-refractivity contribution in [3.63, 3.8) is 0 Å². The van der Waals surface area contributed by atoms with Gasteiger partial charge in [-0.1, -0.05) is 42.5 Å². The van der Waals surface area contributed by atoms with E-state index in [0.29, 0.717) is 11.3 Å². The fourth-order valence-corrected chi connectivity index (χ4v) is 2.91. The third-order valence-corrected chi connectivity index (χ3v) is 4.30. The van der Waals surface area contributed by atoms with Crippen LogP contribution in [0.15, 0.2) is 72.9 Å². The van der Waals surface area contributed by atoms with Gasteiger partial charge >= 0.3 is 0 Å². The molecule has 1 aromatic heterocycles. The number of rotatable bonds is 3. The average Bonchev–Trinajstić information content (AvgIpc) is 2.68. The van der Waals surface area contributed by atoms with Crippen molar-refractivity contribution in [1.29, 1.82) is 5.26 Å². The van der Waals surface area contributed by atoms with Crippen LogP contribution in [0.3, 0.4) is 0 Å². The first kappa shape index (κ1) is 15.5. The van der Waals surface area contributed by atoms with Crippen LogP contribution < -0.4 is 0 Å². The zero-order chi connectivity index (χ0) is 17.0. The number of pyridine rings is 1. The average molecular weight is 309 g/mol. The van der Waals surface area contributed by atoms with E-state index in [1.807, 2.05) is 54.6 Å². The predicted octanol–water partition coefficient (Wildman–Crippen LogP) is 4.86. The van der Waals surface area contributed by atoms with Crippen molar-refractivity contribution in [1.82, 2.24) is 4.98 Å². The van der Waals surface area contributed by atoms with Crippen molar-refractivity contribution < 1.29 is 0 Å². The molecule has 0 saturated heterocycles. The van der Waals surface area contributed by atoms with E-state index in [-0.39, 0.29) is 0 Å². The van der Waals surface area contributed by atoms with E-state index in [9.17, 15) is 5.26 Å². The number of aromatic nitrogens is 1. The Morgan fingerprint density at radius 2 is 1.75 bits per heavy atom. The van der Waals surface area contributed by atoms with E-state index in [1.165, 1.54) is 0 Å². The molecule has 1 atom stereocenters. The van der Waals surface area contributed by atoms with Crippen LogP contribution in [-0.2, 0) is 5.41 Å². The molecule has 0 aliphatic carbocycles. The van der Waals surface area contributed by atoms with Gasteiger partial charge in [-0.05, 0) is 42.3 Å². The second-order valence-electron chi connectivity index (χ2n) is 5.69. The van der Waals surface area contributed by atoms with Crippen molar-refractivity contribution in [3.05, 3.63) is 107 Å². The van der Waals surface area contributed by atoms with E-state index in [2.05, 4.69) is 22.8 Å². The molecular weight excluding hydrogens is 294 g/mol. The van der Waals surface area contributed by atoms with Gasteiger partial charge in [0.25, 0.3) is 0 Å². The Labute approximate surface area is 141 Å². The molecule has 24 heavy (non-hydrogen) atoms. The van der Waals surface area contributed by atoms with E-state index in [1.54, 1.807) is 18.3 Å². The molecule has 114 valence electrons. The monoisotopic (exact) mass is 309 g/mol. The molecule has 0 saturated carbocycles. The fraction of sp³-hybridized carbons (Fsp3) is 0.0952. The maximum absolute atomic E-state index is 9.25. The number of nitrogens with zero attached hydrogens (tertiary/aromatic N) is 3. The highest BCUT2D eigenvalue weighted by atomic mass is 14.7. The molecule has 0 radical (unpaired) electrons. The summed E-state index contributed by atoms with van der Waals surface area (Å²) in [7, 11) is 0. The SMILES string of the molecule is [C-]#[N+]c1cccc(C(C)(c2cccc(C#N)c2)c2ccccn2)c1. The number of nitriles is 1. The minimum atomic E-state index is -0.547. The van der Waals surface area contributed by atoms with Gasteiger partial charge in [-0.2, -0.15) is 5.26 Å². The van der Waals surface area contributed by atoms with Gasteiger partial charge in [-0.15, -0.1) is 0 Å². The minimum Gasteiger partial charge on any atom is -0.260 e. The third kappa shape index (κ3) is 2.64. The van der Waals surface area contributed by atoms with E-state index < -0.39 is 5.41 Å². The summed E-state index contributed by atoms with van der Waals surface area (Å²) >= 11 is 0. The molecule has 2 aromatic carbocycles. The molecule has 0 N–H and O–H groups in total. The quantitative estimate of drug-likeness (QED) is 0.648. The first-order valence-corrected chi connectivity index (χ1v) is 7.58. The normalized spacial score (nSPS) is 12.6. The molecule has 0 amide bonds. The van der Waals surface area contributed by atoms with Crippen LogP contribution in [0.1, 0.15) is 29.3 Å². The predicted molar refractivity (Wildman–Crippen MR) is 93.7 cm³/mol. The second-order valence-corrected chi connectivity index (χ2v) is 5.69. The Bertz CT molecular complexity index is 889. The molecule has 1 heterocycles. The summed E-state index contributed by atoms with van der Waals surface area (Å²) in [6.45, 7) is 9.36. The molecule has 1 unspecified atom stereocenters. The highest BCUT2D eigenvalue weighted by Crippen LogP contribution is 2.39. The largest absolute Gasteiger partial charge is 0.260 e. The van der Waals surface area contributed by atoms with Crippen LogP contribution in [0, 0.1) is 17.9 Å². The van der Waals surface area contributed by atoms with Crippen molar-refractivity contribution in [3.8, 4) is 6.07 Å². The highest BCUT2D eigenvalue weighted by molar-refractivity contribution is 5.55. The van der Waals surface area contributed by atoms with Gasteiger partial charge in [0, 0.05) is 6.20 Å². The lowest BCUT2D eigenvalue weighted by molar-refractivity contribution is 0.665. The summed E-state index contributed by atoms with van der Waals surface area (Å²) in [4.78, 5) is 8.10. The third-order valence-electron chi connectivity index (χ3n) is 4.30. The van der Waals surface area contributed by atoms with Crippen LogP contribution >= 0.6 is 0 Å². The standard InChI is InChI=1S/C21H15N3/c1-21(20-11-3-4-12-24-20,17-8-5-7-16(13-17)15-22)18-9-6-10-19(14-18)23-2/h3-14H,1H3. The lowest BCUT2D eigenvalue weighted by atomic mass is 9.73.